The summed E-state index contributed by atoms with van der Waals surface area (Å²) in [5.41, 5.74) is 0.548. The minimum atomic E-state index is -1.08. The van der Waals surface area contributed by atoms with Crippen LogP contribution >= 0.6 is 11.8 Å². The van der Waals surface area contributed by atoms with Crippen LogP contribution in [-0.2, 0) is 4.79 Å². The zero-order chi connectivity index (χ0) is 15.0. The number of carbonyl (C=O) groups excluding carboxylic acids is 1. The quantitative estimate of drug-likeness (QED) is 0.720. The molecule has 2 amide bonds. The van der Waals surface area contributed by atoms with Gasteiger partial charge in [-0.1, -0.05) is 37.3 Å². The van der Waals surface area contributed by atoms with E-state index in [1.807, 2.05) is 13.2 Å². The Labute approximate surface area is 123 Å². The number of benzene rings is 1. The number of thioether (sulfide) groups is 1. The number of carboxylic acids is 1. The monoisotopic (exact) mass is 296 g/mol. The highest BCUT2D eigenvalue weighted by atomic mass is 32.2. The smallest absolute Gasteiger partial charge is 0.330 e. The van der Waals surface area contributed by atoms with Gasteiger partial charge in [-0.05, 0) is 23.5 Å². The summed E-state index contributed by atoms with van der Waals surface area (Å²) in [5, 5.41) is 14.4. The Hall–Kier alpha value is -1.69. The van der Waals surface area contributed by atoms with Crippen molar-refractivity contribution in [3.63, 3.8) is 0 Å². The third kappa shape index (κ3) is 5.52. The first kappa shape index (κ1) is 16.4. The van der Waals surface area contributed by atoms with Crippen molar-refractivity contribution >= 4 is 23.8 Å². The Balaban J connectivity index is 2.55. The first-order chi connectivity index (χ1) is 9.54. The molecule has 110 valence electrons. The van der Waals surface area contributed by atoms with Gasteiger partial charge in [0.05, 0.1) is 0 Å². The minimum absolute atomic E-state index is 0.343. The Morgan fingerprint density at radius 1 is 1.30 bits per heavy atom. The summed E-state index contributed by atoms with van der Waals surface area (Å²) in [6, 6.07) is 7.13. The fourth-order valence-corrected chi connectivity index (χ4v) is 2.41. The number of amides is 2. The summed E-state index contributed by atoms with van der Waals surface area (Å²) in [4.78, 5) is 23.0. The highest BCUT2D eigenvalue weighted by molar-refractivity contribution is 7.98. The standard InChI is InChI=1S/C14H20N2O3S/c1-10(9-20-2)8-15-14(19)16-12(13(17)18)11-6-4-3-5-7-11/h3-7,10,12H,8-9H2,1-2H3,(H,17,18)(H2,15,16,19). The number of rotatable bonds is 7. The summed E-state index contributed by atoms with van der Waals surface area (Å²) in [5.74, 6) is 0.209. The maximum atomic E-state index is 11.7. The van der Waals surface area contributed by atoms with Crippen molar-refractivity contribution in [2.24, 2.45) is 5.92 Å². The SMILES string of the molecule is CSCC(C)CNC(=O)NC(C(=O)O)c1ccccc1. The summed E-state index contributed by atoms with van der Waals surface area (Å²) in [7, 11) is 0. The van der Waals surface area contributed by atoms with Crippen molar-refractivity contribution in [3.8, 4) is 0 Å². The second-order valence-electron chi connectivity index (χ2n) is 4.60. The number of urea groups is 1. The summed E-state index contributed by atoms with van der Waals surface area (Å²) in [6.45, 7) is 2.55. The number of hydrogen-bond acceptors (Lipinski definition) is 3. The molecule has 0 fully saturated rings. The molecule has 6 heteroatoms. The van der Waals surface area contributed by atoms with Crippen molar-refractivity contribution in [3.05, 3.63) is 35.9 Å². The number of hydrogen-bond donors (Lipinski definition) is 3. The van der Waals surface area contributed by atoms with E-state index >= 15 is 0 Å². The molecule has 0 saturated carbocycles. The number of carbonyl (C=O) groups is 2. The van der Waals surface area contributed by atoms with E-state index < -0.39 is 18.0 Å². The van der Waals surface area contributed by atoms with Gasteiger partial charge in [0.2, 0.25) is 0 Å². The van der Waals surface area contributed by atoms with E-state index in [1.54, 1.807) is 42.1 Å². The van der Waals surface area contributed by atoms with Gasteiger partial charge in [0, 0.05) is 6.54 Å². The molecule has 0 aliphatic carbocycles. The Morgan fingerprint density at radius 2 is 1.95 bits per heavy atom. The van der Waals surface area contributed by atoms with E-state index in [-0.39, 0.29) is 0 Å². The average molecular weight is 296 g/mol. The molecule has 0 bridgehead atoms. The molecule has 5 nitrogen and oxygen atoms in total. The van der Waals surface area contributed by atoms with Crippen LogP contribution < -0.4 is 10.6 Å². The third-order valence-corrected chi connectivity index (χ3v) is 3.62. The lowest BCUT2D eigenvalue weighted by Crippen LogP contribution is -2.42. The molecule has 3 N–H and O–H groups in total. The van der Waals surface area contributed by atoms with Crippen molar-refractivity contribution in [2.75, 3.05) is 18.6 Å². The van der Waals surface area contributed by atoms with Crippen molar-refractivity contribution in [1.29, 1.82) is 0 Å². The molecule has 0 radical (unpaired) electrons. The Kier molecular flexibility index (Phi) is 6.93. The van der Waals surface area contributed by atoms with Gasteiger partial charge in [0.25, 0.3) is 0 Å². The number of carboxylic acid groups (broad SMARTS) is 1. The Morgan fingerprint density at radius 3 is 2.50 bits per heavy atom. The van der Waals surface area contributed by atoms with E-state index in [0.29, 0.717) is 18.0 Å². The van der Waals surface area contributed by atoms with E-state index in [1.165, 1.54) is 0 Å². The van der Waals surface area contributed by atoms with E-state index in [0.717, 1.165) is 5.75 Å². The highest BCUT2D eigenvalue weighted by Gasteiger charge is 2.21. The van der Waals surface area contributed by atoms with Gasteiger partial charge in [-0.3, -0.25) is 0 Å². The molecule has 0 spiro atoms. The zero-order valence-electron chi connectivity index (χ0n) is 11.6. The molecular formula is C14H20N2O3S. The molecule has 2 unspecified atom stereocenters. The predicted molar refractivity (Wildman–Crippen MR) is 80.9 cm³/mol. The lowest BCUT2D eigenvalue weighted by Gasteiger charge is -2.17. The van der Waals surface area contributed by atoms with Crippen LogP contribution in [0.15, 0.2) is 30.3 Å². The first-order valence-electron chi connectivity index (χ1n) is 6.35. The fourth-order valence-electron chi connectivity index (χ4n) is 1.73. The van der Waals surface area contributed by atoms with Crippen LogP contribution in [0.25, 0.3) is 0 Å². The fraction of sp³-hybridized carbons (Fsp3) is 0.429. The summed E-state index contributed by atoms with van der Waals surface area (Å²) < 4.78 is 0. The zero-order valence-corrected chi connectivity index (χ0v) is 12.4. The normalized spacial score (nSPS) is 13.3. The number of aliphatic carboxylic acids is 1. The van der Waals surface area contributed by atoms with Crippen LogP contribution in [0.1, 0.15) is 18.5 Å². The van der Waals surface area contributed by atoms with Crippen LogP contribution in [0.2, 0.25) is 0 Å². The van der Waals surface area contributed by atoms with Gasteiger partial charge in [0.15, 0.2) is 6.04 Å². The minimum Gasteiger partial charge on any atom is -0.479 e. The van der Waals surface area contributed by atoms with Gasteiger partial charge in [-0.25, -0.2) is 9.59 Å². The van der Waals surface area contributed by atoms with Gasteiger partial charge in [0.1, 0.15) is 0 Å². The van der Waals surface area contributed by atoms with E-state index in [4.69, 9.17) is 0 Å². The lowest BCUT2D eigenvalue weighted by molar-refractivity contribution is -0.139. The first-order valence-corrected chi connectivity index (χ1v) is 7.75. The molecule has 20 heavy (non-hydrogen) atoms. The second-order valence-corrected chi connectivity index (χ2v) is 5.51. The van der Waals surface area contributed by atoms with Gasteiger partial charge in [-0.15, -0.1) is 0 Å². The molecule has 1 aromatic rings. The van der Waals surface area contributed by atoms with Gasteiger partial charge < -0.3 is 15.7 Å². The molecular weight excluding hydrogens is 276 g/mol. The molecule has 1 aromatic carbocycles. The van der Waals surface area contributed by atoms with Crippen LogP contribution in [0.5, 0.6) is 0 Å². The summed E-state index contributed by atoms with van der Waals surface area (Å²) in [6.07, 6.45) is 2.01. The lowest BCUT2D eigenvalue weighted by atomic mass is 10.1. The van der Waals surface area contributed by atoms with Crippen LogP contribution in [0.4, 0.5) is 4.79 Å². The highest BCUT2D eigenvalue weighted by Crippen LogP contribution is 2.12. The van der Waals surface area contributed by atoms with Crippen LogP contribution in [-0.4, -0.2) is 35.7 Å². The van der Waals surface area contributed by atoms with Gasteiger partial charge >= 0.3 is 12.0 Å². The molecule has 0 aliphatic rings. The van der Waals surface area contributed by atoms with E-state index in [9.17, 15) is 14.7 Å². The largest absolute Gasteiger partial charge is 0.479 e. The summed E-state index contributed by atoms with van der Waals surface area (Å²) >= 11 is 1.71. The van der Waals surface area contributed by atoms with Crippen molar-refractivity contribution in [2.45, 2.75) is 13.0 Å². The topological polar surface area (TPSA) is 78.4 Å². The maximum Gasteiger partial charge on any atom is 0.330 e. The Bertz CT molecular complexity index is 439. The molecule has 0 aromatic heterocycles. The maximum absolute atomic E-state index is 11.7. The van der Waals surface area contributed by atoms with Crippen LogP contribution in [0, 0.1) is 5.92 Å². The third-order valence-electron chi connectivity index (χ3n) is 2.72. The molecule has 1 rings (SSSR count). The van der Waals surface area contributed by atoms with E-state index in [2.05, 4.69) is 10.6 Å². The van der Waals surface area contributed by atoms with Crippen molar-refractivity contribution < 1.29 is 14.7 Å². The molecule has 2 atom stereocenters. The predicted octanol–water partition coefficient (Wildman–Crippen LogP) is 2.11. The van der Waals surface area contributed by atoms with Crippen LogP contribution in [0.3, 0.4) is 0 Å². The molecule has 0 heterocycles. The van der Waals surface area contributed by atoms with Crippen molar-refractivity contribution in [1.82, 2.24) is 10.6 Å². The average Bonchev–Trinajstić information content (AvgIpc) is 2.43. The second kappa shape index (κ2) is 8.47. The van der Waals surface area contributed by atoms with Gasteiger partial charge in [-0.2, -0.15) is 11.8 Å². The molecule has 0 aliphatic heterocycles. The molecule has 0 saturated heterocycles. The number of nitrogens with one attached hydrogen (secondary N) is 2.